The number of pyridine rings is 1. The van der Waals surface area contributed by atoms with Crippen molar-refractivity contribution in [2.75, 3.05) is 19.7 Å². The predicted octanol–water partition coefficient (Wildman–Crippen LogP) is 2.35. The summed E-state index contributed by atoms with van der Waals surface area (Å²) in [4.78, 5) is 17.6. The van der Waals surface area contributed by atoms with Crippen LogP contribution in [0.25, 0.3) is 0 Å². The Morgan fingerprint density at radius 3 is 2.90 bits per heavy atom. The minimum absolute atomic E-state index is 0.189. The molecule has 1 aliphatic rings. The number of hydrogen-bond donors (Lipinski definition) is 1. The summed E-state index contributed by atoms with van der Waals surface area (Å²) in [6, 6.07) is 4.76. The molecule has 0 saturated carbocycles. The number of aromatic nitrogens is 1. The highest BCUT2D eigenvalue weighted by Crippen LogP contribution is 2.17. The molecule has 0 aromatic carbocycles. The minimum Gasteiger partial charge on any atom is -0.450 e. The van der Waals surface area contributed by atoms with E-state index in [0.717, 1.165) is 25.9 Å². The average molecular weight is 277 g/mol. The fourth-order valence-electron chi connectivity index (χ4n) is 2.53. The van der Waals surface area contributed by atoms with Crippen molar-refractivity contribution in [3.8, 4) is 0 Å². The lowest BCUT2D eigenvalue weighted by molar-refractivity contribution is 0.0943. The molecule has 1 aromatic heterocycles. The van der Waals surface area contributed by atoms with Gasteiger partial charge in [0.15, 0.2) is 0 Å². The van der Waals surface area contributed by atoms with E-state index in [-0.39, 0.29) is 12.1 Å². The van der Waals surface area contributed by atoms with E-state index in [2.05, 4.69) is 23.3 Å². The lowest BCUT2D eigenvalue weighted by atomic mass is 10.0. The zero-order valence-electron chi connectivity index (χ0n) is 12.2. The zero-order chi connectivity index (χ0) is 14.4. The van der Waals surface area contributed by atoms with Gasteiger partial charge in [-0.1, -0.05) is 6.07 Å². The Kier molecular flexibility index (Phi) is 5.35. The normalized spacial score (nSPS) is 17.8. The Bertz CT molecular complexity index is 416. The number of hydrogen-bond acceptors (Lipinski definition) is 4. The molecule has 0 unspecified atom stereocenters. The number of likely N-dealkylation sites (tertiary alicyclic amines) is 1. The lowest BCUT2D eigenvalue weighted by Crippen LogP contribution is -2.45. The van der Waals surface area contributed by atoms with Crippen LogP contribution < -0.4 is 5.32 Å². The largest absolute Gasteiger partial charge is 0.450 e. The molecule has 2 rings (SSSR count). The van der Waals surface area contributed by atoms with Crippen molar-refractivity contribution in [2.24, 2.45) is 0 Å². The van der Waals surface area contributed by atoms with Gasteiger partial charge in [-0.2, -0.15) is 0 Å². The molecule has 1 fully saturated rings. The Hall–Kier alpha value is -1.62. The summed E-state index contributed by atoms with van der Waals surface area (Å²) in [5.74, 6) is 0. The van der Waals surface area contributed by atoms with Gasteiger partial charge in [0, 0.05) is 37.6 Å². The summed E-state index contributed by atoms with van der Waals surface area (Å²) in [7, 11) is 0. The Morgan fingerprint density at radius 1 is 1.55 bits per heavy atom. The van der Waals surface area contributed by atoms with Crippen molar-refractivity contribution in [2.45, 2.75) is 38.8 Å². The third-order valence-corrected chi connectivity index (χ3v) is 3.69. The molecule has 0 spiro atoms. The van der Waals surface area contributed by atoms with Gasteiger partial charge >= 0.3 is 6.09 Å². The molecule has 1 aromatic rings. The number of nitrogens with zero attached hydrogens (tertiary/aromatic N) is 2. The van der Waals surface area contributed by atoms with Gasteiger partial charge in [-0.25, -0.2) is 4.79 Å². The van der Waals surface area contributed by atoms with E-state index in [1.165, 1.54) is 5.56 Å². The summed E-state index contributed by atoms with van der Waals surface area (Å²) in [6.07, 6.45) is 5.41. The Morgan fingerprint density at radius 2 is 2.30 bits per heavy atom. The van der Waals surface area contributed by atoms with Crippen molar-refractivity contribution in [3.05, 3.63) is 30.1 Å². The smallest absolute Gasteiger partial charge is 0.409 e. The SMILES string of the molecule is CCOC(=O)N1CCC(N[C@@H](C)c2cccnc2)CC1. The second-order valence-electron chi connectivity index (χ2n) is 5.13. The molecule has 0 radical (unpaired) electrons. The predicted molar refractivity (Wildman–Crippen MR) is 77.4 cm³/mol. The molecule has 1 atom stereocenters. The first kappa shape index (κ1) is 14.8. The van der Waals surface area contributed by atoms with Gasteiger partial charge in [-0.05, 0) is 38.3 Å². The summed E-state index contributed by atoms with van der Waals surface area (Å²) in [5, 5.41) is 3.61. The number of rotatable bonds is 4. The molecule has 1 aliphatic heterocycles. The topological polar surface area (TPSA) is 54.5 Å². The van der Waals surface area contributed by atoms with Gasteiger partial charge < -0.3 is 15.0 Å². The van der Waals surface area contributed by atoms with Gasteiger partial charge in [-0.3, -0.25) is 4.98 Å². The van der Waals surface area contributed by atoms with Crippen LogP contribution in [0, 0.1) is 0 Å². The minimum atomic E-state index is -0.189. The molecule has 1 N–H and O–H groups in total. The van der Waals surface area contributed by atoms with Gasteiger partial charge in [0.2, 0.25) is 0 Å². The lowest BCUT2D eigenvalue weighted by Gasteiger charge is -2.33. The van der Waals surface area contributed by atoms with Crippen LogP contribution in [0.2, 0.25) is 0 Å². The molecule has 110 valence electrons. The summed E-state index contributed by atoms with van der Waals surface area (Å²) in [5.41, 5.74) is 1.19. The molecule has 1 saturated heterocycles. The first-order valence-corrected chi connectivity index (χ1v) is 7.28. The Labute approximate surface area is 120 Å². The number of nitrogens with one attached hydrogen (secondary N) is 1. The maximum Gasteiger partial charge on any atom is 0.409 e. The fraction of sp³-hybridized carbons (Fsp3) is 0.600. The van der Waals surface area contributed by atoms with E-state index >= 15 is 0 Å². The molecule has 20 heavy (non-hydrogen) atoms. The second kappa shape index (κ2) is 7.24. The van der Waals surface area contributed by atoms with Gasteiger partial charge in [0.05, 0.1) is 6.61 Å². The van der Waals surface area contributed by atoms with Crippen molar-refractivity contribution in [3.63, 3.8) is 0 Å². The van der Waals surface area contributed by atoms with E-state index in [9.17, 15) is 4.79 Å². The van der Waals surface area contributed by atoms with E-state index in [1.807, 2.05) is 19.2 Å². The van der Waals surface area contributed by atoms with E-state index in [1.54, 1.807) is 11.1 Å². The number of ether oxygens (including phenoxy) is 1. The Balaban J connectivity index is 1.78. The number of carbonyl (C=O) groups is 1. The van der Waals surface area contributed by atoms with Crippen LogP contribution >= 0.6 is 0 Å². The molecule has 5 nitrogen and oxygen atoms in total. The van der Waals surface area contributed by atoms with Crippen LogP contribution in [0.5, 0.6) is 0 Å². The van der Waals surface area contributed by atoms with Crippen LogP contribution in [0.15, 0.2) is 24.5 Å². The van der Waals surface area contributed by atoms with Crippen molar-refractivity contribution in [1.29, 1.82) is 0 Å². The average Bonchev–Trinajstić information content (AvgIpc) is 2.49. The third kappa shape index (κ3) is 3.93. The van der Waals surface area contributed by atoms with Crippen molar-refractivity contribution < 1.29 is 9.53 Å². The molecule has 2 heterocycles. The van der Waals surface area contributed by atoms with E-state index < -0.39 is 0 Å². The first-order valence-electron chi connectivity index (χ1n) is 7.28. The maximum atomic E-state index is 11.6. The summed E-state index contributed by atoms with van der Waals surface area (Å²) < 4.78 is 5.03. The van der Waals surface area contributed by atoms with Crippen LogP contribution in [0.1, 0.15) is 38.3 Å². The molecule has 0 aliphatic carbocycles. The van der Waals surface area contributed by atoms with Crippen LogP contribution in [-0.2, 0) is 4.74 Å². The molecule has 5 heteroatoms. The van der Waals surface area contributed by atoms with Gasteiger partial charge in [0.1, 0.15) is 0 Å². The standard InChI is InChI=1S/C15H23N3O2/c1-3-20-15(19)18-9-6-14(7-10-18)17-12(2)13-5-4-8-16-11-13/h4-5,8,11-12,14,17H,3,6-7,9-10H2,1-2H3/t12-/m0/s1. The highest BCUT2D eigenvalue weighted by molar-refractivity contribution is 5.67. The van der Waals surface area contributed by atoms with Gasteiger partial charge in [-0.15, -0.1) is 0 Å². The van der Waals surface area contributed by atoms with E-state index in [0.29, 0.717) is 12.6 Å². The third-order valence-electron chi connectivity index (χ3n) is 3.69. The monoisotopic (exact) mass is 277 g/mol. The van der Waals surface area contributed by atoms with Crippen LogP contribution in [0.3, 0.4) is 0 Å². The van der Waals surface area contributed by atoms with E-state index in [4.69, 9.17) is 4.74 Å². The van der Waals surface area contributed by atoms with Crippen molar-refractivity contribution in [1.82, 2.24) is 15.2 Å². The number of piperidine rings is 1. The number of amides is 1. The second-order valence-corrected chi connectivity index (χ2v) is 5.13. The summed E-state index contributed by atoms with van der Waals surface area (Å²) >= 11 is 0. The van der Waals surface area contributed by atoms with Crippen molar-refractivity contribution >= 4 is 6.09 Å². The quantitative estimate of drug-likeness (QED) is 0.918. The van der Waals surface area contributed by atoms with Crippen LogP contribution in [-0.4, -0.2) is 41.7 Å². The maximum absolute atomic E-state index is 11.6. The first-order chi connectivity index (χ1) is 9.70. The molecular formula is C15H23N3O2. The molecule has 1 amide bonds. The molecule has 0 bridgehead atoms. The highest BCUT2D eigenvalue weighted by atomic mass is 16.6. The number of carbonyl (C=O) groups excluding carboxylic acids is 1. The molecular weight excluding hydrogens is 254 g/mol. The van der Waals surface area contributed by atoms with Gasteiger partial charge in [0.25, 0.3) is 0 Å². The summed E-state index contributed by atoms with van der Waals surface area (Å²) in [6.45, 7) is 5.94. The zero-order valence-corrected chi connectivity index (χ0v) is 12.2. The highest BCUT2D eigenvalue weighted by Gasteiger charge is 2.24. The fourth-order valence-corrected chi connectivity index (χ4v) is 2.53. The van der Waals surface area contributed by atoms with Crippen LogP contribution in [0.4, 0.5) is 4.79 Å².